The van der Waals surface area contributed by atoms with E-state index in [2.05, 4.69) is 34.6 Å². The number of rotatable bonds is 3. The molecule has 0 aromatic heterocycles. The third-order valence-electron chi connectivity index (χ3n) is 5.25. The van der Waals surface area contributed by atoms with Crippen LogP contribution in [0.4, 0.5) is 0 Å². The number of hydrogen-bond acceptors (Lipinski definition) is 4. The first-order valence-electron chi connectivity index (χ1n) is 8.53. The Bertz CT molecular complexity index is 472. The monoisotopic (exact) mass is 372 g/mol. The molecule has 0 aromatic rings. The van der Waals surface area contributed by atoms with Crippen molar-refractivity contribution in [3.63, 3.8) is 0 Å². The van der Waals surface area contributed by atoms with Gasteiger partial charge in [0.25, 0.3) is 0 Å². The fourth-order valence-corrected chi connectivity index (χ4v) is 5.12. The van der Waals surface area contributed by atoms with Gasteiger partial charge in [0.05, 0.1) is 0 Å². The molecule has 136 valence electrons. The Balaban J connectivity index is 0.00000123. The van der Waals surface area contributed by atoms with E-state index in [1.165, 1.54) is 39.9 Å². The Morgan fingerprint density at radius 2 is 1.50 bits per heavy atom. The molecule has 0 bridgehead atoms. The molecule has 0 heterocycles. The predicted molar refractivity (Wildman–Crippen MR) is 89.4 cm³/mol. The summed E-state index contributed by atoms with van der Waals surface area (Å²) in [6.07, 6.45) is 5.71. The van der Waals surface area contributed by atoms with E-state index in [9.17, 15) is 4.79 Å². The van der Waals surface area contributed by atoms with Crippen molar-refractivity contribution in [2.24, 2.45) is 11.3 Å². The molecule has 24 heavy (non-hydrogen) atoms. The van der Waals surface area contributed by atoms with E-state index in [-0.39, 0.29) is 17.3 Å². The van der Waals surface area contributed by atoms with Gasteiger partial charge in [-0.3, -0.25) is 0 Å². The maximum atomic E-state index is 12.2. The zero-order chi connectivity index (χ0) is 18.9. The van der Waals surface area contributed by atoms with E-state index in [4.69, 9.17) is 13.5 Å². The second kappa shape index (κ2) is 11.2. The van der Waals surface area contributed by atoms with Crippen LogP contribution in [0.25, 0.3) is 0 Å². The molecule has 0 atom stereocenters. The van der Waals surface area contributed by atoms with Crippen molar-refractivity contribution in [3.8, 4) is 0 Å². The number of carbonyl (C=O) groups excluding carboxylic acids is 1. The first-order chi connectivity index (χ1) is 11.4. The molecule has 1 fully saturated rings. The molecule has 2 aliphatic rings. The van der Waals surface area contributed by atoms with Crippen LogP contribution in [0.15, 0.2) is 20.6 Å². The smallest absolute Gasteiger partial charge is 0.153 e. The zero-order valence-electron chi connectivity index (χ0n) is 16.2. The van der Waals surface area contributed by atoms with Gasteiger partial charge in [-0.2, -0.15) is 14.2 Å². The van der Waals surface area contributed by atoms with Gasteiger partial charge in [-0.1, -0.05) is 0 Å². The van der Waals surface area contributed by atoms with Crippen molar-refractivity contribution in [2.75, 3.05) is 14.2 Å². The molecule has 2 aliphatic carbocycles. The van der Waals surface area contributed by atoms with E-state index in [1.54, 1.807) is 0 Å². The molecule has 5 heteroatoms. The summed E-state index contributed by atoms with van der Waals surface area (Å²) in [5.41, 5.74) is 4.27. The van der Waals surface area contributed by atoms with Crippen molar-refractivity contribution < 1.29 is 37.9 Å². The summed E-state index contributed by atoms with van der Waals surface area (Å²) in [6, 6.07) is 0. The molecule has 2 rings (SSSR count). The van der Waals surface area contributed by atoms with Crippen LogP contribution in [0.1, 0.15) is 66.7 Å². The predicted octanol–water partition coefficient (Wildman–Crippen LogP) is 2.71. The summed E-state index contributed by atoms with van der Waals surface area (Å²) in [6.45, 7) is 11.1. The van der Waals surface area contributed by atoms with Crippen LogP contribution in [0.2, 0.25) is 0 Å². The van der Waals surface area contributed by atoms with Crippen LogP contribution in [-0.4, -0.2) is 20.2 Å². The van der Waals surface area contributed by atoms with Crippen LogP contribution in [0.5, 0.6) is 0 Å². The van der Waals surface area contributed by atoms with Gasteiger partial charge in [0.15, 0.2) is 0 Å². The number of allylic oxidation sites excluding steroid dienone is 4. The van der Waals surface area contributed by atoms with E-state index < -0.39 is 19.5 Å². The van der Waals surface area contributed by atoms with Gasteiger partial charge in [0, 0.05) is 0 Å². The molecular formula is C19H32O4Ti. The molecule has 0 unspecified atom stereocenters. The van der Waals surface area contributed by atoms with Crippen LogP contribution >= 0.6 is 0 Å². The van der Waals surface area contributed by atoms with Crippen LogP contribution in [0.3, 0.4) is 0 Å². The molecule has 0 amide bonds. The SMILES string of the molecule is CC1=C(C)C(C)(C)[C]([Ti+2][O]C(=O)C2CCCCC2)=C1C.C[O-].C[O-]. The van der Waals surface area contributed by atoms with E-state index in [0.717, 1.165) is 27.1 Å². The molecule has 0 N–H and O–H groups in total. The molecule has 4 nitrogen and oxygen atoms in total. The summed E-state index contributed by atoms with van der Waals surface area (Å²) < 4.78 is 7.17. The van der Waals surface area contributed by atoms with Gasteiger partial charge in [-0.25, -0.2) is 0 Å². The average Bonchev–Trinajstić information content (AvgIpc) is 2.77. The molecule has 0 aromatic carbocycles. The minimum Gasteiger partial charge on any atom is -0.857 e. The van der Waals surface area contributed by atoms with Crippen molar-refractivity contribution >= 4 is 5.97 Å². The van der Waals surface area contributed by atoms with Crippen molar-refractivity contribution in [3.05, 3.63) is 20.6 Å². The maximum absolute atomic E-state index is 12.2. The number of carbonyl (C=O) groups is 1. The van der Waals surface area contributed by atoms with E-state index in [1.807, 2.05) is 0 Å². The third kappa shape index (κ3) is 5.55. The largest absolute Gasteiger partial charge is 0.857 e. The summed E-state index contributed by atoms with van der Waals surface area (Å²) in [7, 11) is 1.50. The second-order valence-corrected chi connectivity index (χ2v) is 8.15. The van der Waals surface area contributed by atoms with Crippen molar-refractivity contribution in [2.45, 2.75) is 66.7 Å². The molecule has 0 saturated heterocycles. The van der Waals surface area contributed by atoms with Gasteiger partial charge < -0.3 is 10.2 Å². The molecule has 0 radical (unpaired) electrons. The molecular weight excluding hydrogens is 340 g/mol. The fourth-order valence-electron chi connectivity index (χ4n) is 3.32. The van der Waals surface area contributed by atoms with E-state index >= 15 is 0 Å². The third-order valence-corrected chi connectivity index (χ3v) is 7.61. The normalized spacial score (nSPS) is 19.7. The summed E-state index contributed by atoms with van der Waals surface area (Å²) in [5.74, 6) is 0.246. The van der Waals surface area contributed by atoms with E-state index in [0.29, 0.717) is 0 Å². The Morgan fingerprint density at radius 3 is 1.92 bits per heavy atom. The second-order valence-electron chi connectivity index (χ2n) is 6.73. The topological polar surface area (TPSA) is 72.4 Å². The standard InChI is InChI=1S/C10H15.C7H12O2.2CH3O.Ti/c1-7-6-10(4,5)9(3)8(7)2;8-7(9)6-4-2-1-3-5-6;2*1-2;/h1-5H3;6H,1-5H2,(H,8,9);2*1H3;/q;;2*-1;+3/p-1. The average molecular weight is 372 g/mol. The zero-order valence-corrected chi connectivity index (χ0v) is 17.8. The summed E-state index contributed by atoms with van der Waals surface area (Å²) >= 11 is -0.792. The summed E-state index contributed by atoms with van der Waals surface area (Å²) in [5, 5.41) is 16.5. The summed E-state index contributed by atoms with van der Waals surface area (Å²) in [4.78, 5) is 12.2. The quantitative estimate of drug-likeness (QED) is 0.714. The Hall–Kier alpha value is -0.416. The first kappa shape index (κ1) is 23.6. The van der Waals surface area contributed by atoms with Crippen LogP contribution < -0.4 is 10.2 Å². The molecule has 0 aliphatic heterocycles. The minimum atomic E-state index is -0.792. The van der Waals surface area contributed by atoms with Gasteiger partial charge >= 0.3 is 132 Å². The fraction of sp³-hybridized carbons (Fsp3) is 0.737. The Morgan fingerprint density at radius 1 is 1.00 bits per heavy atom. The molecule has 1 saturated carbocycles. The first-order valence-corrected chi connectivity index (χ1v) is 9.95. The minimum absolute atomic E-state index is 0.0722. The van der Waals surface area contributed by atoms with Gasteiger partial charge in [0.2, 0.25) is 0 Å². The van der Waals surface area contributed by atoms with Crippen molar-refractivity contribution in [1.29, 1.82) is 0 Å². The van der Waals surface area contributed by atoms with Crippen LogP contribution in [-0.2, 0) is 27.7 Å². The maximum Gasteiger partial charge on any atom is -0.153 e. The van der Waals surface area contributed by atoms with Crippen LogP contribution in [0, 0.1) is 11.3 Å². The Kier molecular flexibility index (Phi) is 11.1. The Labute approximate surface area is 156 Å². The van der Waals surface area contributed by atoms with Crippen molar-refractivity contribution in [1.82, 2.24) is 0 Å². The number of hydrogen-bond donors (Lipinski definition) is 0. The van der Waals surface area contributed by atoms with Gasteiger partial charge in [0.1, 0.15) is 0 Å². The molecule has 0 spiro atoms. The van der Waals surface area contributed by atoms with Gasteiger partial charge in [-0.05, 0) is 0 Å². The van der Waals surface area contributed by atoms with Gasteiger partial charge in [-0.15, -0.1) is 0 Å².